The van der Waals surface area contributed by atoms with E-state index in [1.165, 1.54) is 37.2 Å². The summed E-state index contributed by atoms with van der Waals surface area (Å²) in [5.41, 5.74) is 1.37. The quantitative estimate of drug-likeness (QED) is 0.838. The van der Waals surface area contributed by atoms with Gasteiger partial charge in [0, 0.05) is 6.54 Å². The molecule has 0 bridgehead atoms. The Morgan fingerprint density at radius 3 is 2.75 bits per heavy atom. The molecule has 1 aliphatic carbocycles. The van der Waals surface area contributed by atoms with Crippen LogP contribution in [0.25, 0.3) is 0 Å². The van der Waals surface area contributed by atoms with Crippen LogP contribution in [-0.2, 0) is 4.74 Å². The molecule has 0 unspecified atom stereocenters. The zero-order valence-corrected chi connectivity index (χ0v) is 13.4. The number of hydrogen-bond acceptors (Lipinski definition) is 5. The van der Waals surface area contributed by atoms with Gasteiger partial charge in [-0.15, -0.1) is 0 Å². The Morgan fingerprint density at radius 2 is 2.10 bits per heavy atom. The fraction of sp³-hybridized carbons (Fsp3) is 0.733. The van der Waals surface area contributed by atoms with Gasteiger partial charge in [0.05, 0.1) is 12.3 Å². The highest BCUT2D eigenvalue weighted by Crippen LogP contribution is 2.30. The molecular weight excluding hydrogens is 272 g/mol. The third kappa shape index (κ3) is 3.72. The first kappa shape index (κ1) is 15.3. The number of carbonyl (C=O) groups is 1. The van der Waals surface area contributed by atoms with Crippen LogP contribution < -0.4 is 5.32 Å². The number of hydrogen-bond donors (Lipinski definition) is 1. The van der Waals surface area contributed by atoms with Gasteiger partial charge in [-0.25, -0.2) is 4.79 Å². The summed E-state index contributed by atoms with van der Waals surface area (Å²) in [7, 11) is 0. The maximum absolute atomic E-state index is 11.9. The fourth-order valence-corrected chi connectivity index (χ4v) is 3.49. The predicted molar refractivity (Wildman–Crippen MR) is 82.4 cm³/mol. The van der Waals surface area contributed by atoms with E-state index >= 15 is 0 Å². The molecule has 5 heteroatoms. The van der Waals surface area contributed by atoms with Crippen molar-refractivity contribution in [3.8, 4) is 0 Å². The number of carbonyl (C=O) groups excluding carboxylic acids is 1. The van der Waals surface area contributed by atoms with Crippen LogP contribution in [0.1, 0.15) is 55.6 Å². The zero-order valence-electron chi connectivity index (χ0n) is 12.6. The summed E-state index contributed by atoms with van der Waals surface area (Å²) in [4.78, 5) is 11.9. The summed E-state index contributed by atoms with van der Waals surface area (Å²) in [5, 5.41) is 4.27. The molecule has 0 aliphatic heterocycles. The van der Waals surface area contributed by atoms with E-state index in [2.05, 4.69) is 16.6 Å². The maximum atomic E-state index is 11.9. The van der Waals surface area contributed by atoms with E-state index in [4.69, 9.17) is 4.74 Å². The van der Waals surface area contributed by atoms with Crippen LogP contribution in [-0.4, -0.2) is 23.5 Å². The second kappa shape index (κ2) is 7.07. The number of esters is 1. The number of aromatic nitrogens is 1. The second-order valence-electron chi connectivity index (χ2n) is 5.70. The number of anilines is 1. The van der Waals surface area contributed by atoms with Gasteiger partial charge in [-0.3, -0.25) is 0 Å². The minimum atomic E-state index is -0.265. The fourth-order valence-electron chi connectivity index (χ4n) is 2.70. The average Bonchev–Trinajstić information content (AvgIpc) is 2.79. The van der Waals surface area contributed by atoms with Crippen molar-refractivity contribution in [2.45, 2.75) is 46.5 Å². The van der Waals surface area contributed by atoms with E-state index in [0.29, 0.717) is 18.1 Å². The number of aryl methyl sites for hydroxylation is 1. The van der Waals surface area contributed by atoms with Crippen LogP contribution in [0.5, 0.6) is 0 Å². The molecule has 1 aliphatic rings. The Morgan fingerprint density at radius 1 is 1.40 bits per heavy atom. The van der Waals surface area contributed by atoms with Crippen molar-refractivity contribution < 1.29 is 9.53 Å². The van der Waals surface area contributed by atoms with Gasteiger partial charge in [0.25, 0.3) is 0 Å². The molecule has 0 aromatic carbocycles. The van der Waals surface area contributed by atoms with Crippen molar-refractivity contribution in [2.24, 2.45) is 11.8 Å². The Bertz CT molecular complexity index is 451. The van der Waals surface area contributed by atoms with Crippen molar-refractivity contribution in [3.63, 3.8) is 0 Å². The summed E-state index contributed by atoms with van der Waals surface area (Å²) < 4.78 is 9.38. The van der Waals surface area contributed by atoms with E-state index in [9.17, 15) is 4.79 Å². The molecule has 1 heterocycles. The molecule has 1 N–H and O–H groups in total. The highest BCUT2D eigenvalue weighted by molar-refractivity contribution is 7.10. The van der Waals surface area contributed by atoms with Crippen molar-refractivity contribution in [1.82, 2.24) is 4.37 Å². The minimum absolute atomic E-state index is 0.265. The predicted octanol–water partition coefficient (Wildman–Crippen LogP) is 3.87. The smallest absolute Gasteiger partial charge is 0.343 e. The van der Waals surface area contributed by atoms with Crippen LogP contribution in [0.3, 0.4) is 0 Å². The van der Waals surface area contributed by atoms with Gasteiger partial charge in [-0.05, 0) is 50.1 Å². The van der Waals surface area contributed by atoms with E-state index in [1.807, 2.05) is 13.8 Å². The van der Waals surface area contributed by atoms with Gasteiger partial charge in [-0.1, -0.05) is 19.8 Å². The SMILES string of the molecule is CCOC(=O)c1c(C)nsc1NCC1CCC(C)CC1. The lowest BCUT2D eigenvalue weighted by Gasteiger charge is -2.26. The summed E-state index contributed by atoms with van der Waals surface area (Å²) in [6, 6.07) is 0. The number of rotatable bonds is 5. The maximum Gasteiger partial charge on any atom is 0.343 e. The molecule has 1 aromatic heterocycles. The molecule has 1 saturated carbocycles. The molecule has 1 aromatic rings. The van der Waals surface area contributed by atoms with Crippen molar-refractivity contribution in [1.29, 1.82) is 0 Å². The largest absolute Gasteiger partial charge is 0.462 e. The first-order valence-corrected chi connectivity index (χ1v) is 8.26. The van der Waals surface area contributed by atoms with Gasteiger partial charge in [0.1, 0.15) is 10.6 Å². The Labute approximate surface area is 125 Å². The summed E-state index contributed by atoms with van der Waals surface area (Å²) >= 11 is 1.36. The van der Waals surface area contributed by atoms with Gasteiger partial charge < -0.3 is 10.1 Å². The van der Waals surface area contributed by atoms with Crippen LogP contribution in [0, 0.1) is 18.8 Å². The average molecular weight is 296 g/mol. The summed E-state index contributed by atoms with van der Waals surface area (Å²) in [6.45, 7) is 7.34. The lowest BCUT2D eigenvalue weighted by molar-refractivity contribution is 0.0527. The van der Waals surface area contributed by atoms with E-state index in [-0.39, 0.29) is 5.97 Å². The molecule has 1 fully saturated rings. The molecular formula is C15H24N2O2S. The summed E-state index contributed by atoms with van der Waals surface area (Å²) in [6.07, 6.45) is 5.19. The van der Waals surface area contributed by atoms with Crippen LogP contribution >= 0.6 is 11.5 Å². The van der Waals surface area contributed by atoms with Crippen molar-refractivity contribution >= 4 is 22.5 Å². The van der Waals surface area contributed by atoms with Crippen LogP contribution in [0.15, 0.2) is 0 Å². The van der Waals surface area contributed by atoms with Gasteiger partial charge >= 0.3 is 5.97 Å². The summed E-state index contributed by atoms with van der Waals surface area (Å²) in [5.74, 6) is 1.31. The van der Waals surface area contributed by atoms with E-state index in [0.717, 1.165) is 23.2 Å². The normalized spacial score (nSPS) is 22.6. The highest BCUT2D eigenvalue weighted by Gasteiger charge is 2.22. The van der Waals surface area contributed by atoms with Crippen molar-refractivity contribution in [3.05, 3.63) is 11.3 Å². The Hall–Kier alpha value is -1.10. The van der Waals surface area contributed by atoms with Gasteiger partial charge in [-0.2, -0.15) is 4.37 Å². The molecule has 4 nitrogen and oxygen atoms in total. The molecule has 20 heavy (non-hydrogen) atoms. The first-order valence-electron chi connectivity index (χ1n) is 7.49. The third-order valence-electron chi connectivity index (χ3n) is 4.03. The zero-order chi connectivity index (χ0) is 14.5. The van der Waals surface area contributed by atoms with Gasteiger partial charge in [0.15, 0.2) is 0 Å². The van der Waals surface area contributed by atoms with E-state index in [1.54, 1.807) is 0 Å². The molecule has 0 saturated heterocycles. The molecule has 0 spiro atoms. The first-order chi connectivity index (χ1) is 9.61. The standard InChI is InChI=1S/C15H24N2O2S/c1-4-19-15(18)13-11(3)17-20-14(13)16-9-12-7-5-10(2)6-8-12/h10,12,16H,4-9H2,1-3H3. The molecule has 0 atom stereocenters. The number of ether oxygens (including phenoxy) is 1. The van der Waals surface area contributed by atoms with E-state index < -0.39 is 0 Å². The second-order valence-corrected chi connectivity index (χ2v) is 6.47. The minimum Gasteiger partial charge on any atom is -0.462 e. The third-order valence-corrected chi connectivity index (χ3v) is 4.93. The molecule has 2 rings (SSSR count). The molecule has 112 valence electrons. The lowest BCUT2D eigenvalue weighted by Crippen LogP contribution is -2.20. The lowest BCUT2D eigenvalue weighted by atomic mass is 9.83. The Kier molecular flexibility index (Phi) is 5.40. The van der Waals surface area contributed by atoms with Crippen molar-refractivity contribution in [2.75, 3.05) is 18.5 Å². The molecule has 0 radical (unpaired) electrons. The van der Waals surface area contributed by atoms with Crippen LogP contribution in [0.4, 0.5) is 5.00 Å². The molecule has 0 amide bonds. The van der Waals surface area contributed by atoms with Crippen LogP contribution in [0.2, 0.25) is 0 Å². The monoisotopic (exact) mass is 296 g/mol. The Balaban J connectivity index is 1.94. The number of nitrogens with one attached hydrogen (secondary N) is 1. The number of nitrogens with zero attached hydrogens (tertiary/aromatic N) is 1. The highest BCUT2D eigenvalue weighted by atomic mass is 32.1. The van der Waals surface area contributed by atoms with Gasteiger partial charge in [0.2, 0.25) is 0 Å². The topological polar surface area (TPSA) is 51.2 Å².